The van der Waals surface area contributed by atoms with Crippen molar-refractivity contribution in [3.8, 4) is 5.75 Å². The Kier molecular flexibility index (Phi) is 4.50. The summed E-state index contributed by atoms with van der Waals surface area (Å²) in [5.74, 6) is 0.674. The molecule has 0 amide bonds. The van der Waals surface area contributed by atoms with E-state index in [9.17, 15) is 8.42 Å². The first-order valence-electron chi connectivity index (χ1n) is 5.56. The lowest BCUT2D eigenvalue weighted by Gasteiger charge is -2.05. The van der Waals surface area contributed by atoms with Crippen molar-refractivity contribution < 1.29 is 13.2 Å². The van der Waals surface area contributed by atoms with Crippen LogP contribution in [0.25, 0.3) is 0 Å². The molecular formula is C13H13ClO3S2. The molecule has 0 aliphatic carbocycles. The van der Waals surface area contributed by atoms with Crippen molar-refractivity contribution in [1.82, 2.24) is 0 Å². The molecule has 3 nitrogen and oxygen atoms in total. The molecule has 1 aromatic carbocycles. The highest BCUT2D eigenvalue weighted by Crippen LogP contribution is 2.24. The van der Waals surface area contributed by atoms with Crippen molar-refractivity contribution in [2.75, 3.05) is 7.11 Å². The van der Waals surface area contributed by atoms with Crippen LogP contribution < -0.4 is 4.74 Å². The topological polar surface area (TPSA) is 43.4 Å². The molecule has 1 heterocycles. The van der Waals surface area contributed by atoms with Gasteiger partial charge in [-0.2, -0.15) is 0 Å². The molecule has 1 aromatic heterocycles. The summed E-state index contributed by atoms with van der Waals surface area (Å²) in [6, 6.07) is 10.5. The normalized spacial score (nSPS) is 11.5. The zero-order valence-corrected chi connectivity index (χ0v) is 12.7. The van der Waals surface area contributed by atoms with E-state index in [2.05, 4.69) is 0 Å². The summed E-state index contributed by atoms with van der Waals surface area (Å²) < 4.78 is 29.9. The first-order valence-corrected chi connectivity index (χ1v) is 8.58. The summed E-state index contributed by atoms with van der Waals surface area (Å²) in [5.41, 5.74) is 0.724. The Labute approximate surface area is 121 Å². The van der Waals surface area contributed by atoms with Crippen LogP contribution >= 0.6 is 22.9 Å². The van der Waals surface area contributed by atoms with E-state index in [0.717, 1.165) is 10.4 Å². The minimum Gasteiger partial charge on any atom is -0.497 e. The van der Waals surface area contributed by atoms with Gasteiger partial charge in [-0.1, -0.05) is 23.7 Å². The maximum Gasteiger partial charge on any atom is 0.159 e. The van der Waals surface area contributed by atoms with Gasteiger partial charge >= 0.3 is 0 Å². The Hall–Kier alpha value is -1.04. The fraction of sp³-hybridized carbons (Fsp3) is 0.231. The molecule has 0 aliphatic heterocycles. The summed E-state index contributed by atoms with van der Waals surface area (Å²) in [4.78, 5) is 0.757. The molecule has 0 fully saturated rings. The van der Waals surface area contributed by atoms with Crippen molar-refractivity contribution >= 4 is 32.8 Å². The molecular weight excluding hydrogens is 304 g/mol. The Morgan fingerprint density at radius 2 is 2.00 bits per heavy atom. The van der Waals surface area contributed by atoms with Crippen molar-refractivity contribution in [2.24, 2.45) is 0 Å². The molecule has 0 spiro atoms. The van der Waals surface area contributed by atoms with Crippen LogP contribution in [0, 0.1) is 0 Å². The number of sulfone groups is 1. The van der Waals surface area contributed by atoms with Crippen LogP contribution in [0.5, 0.6) is 5.75 Å². The second kappa shape index (κ2) is 5.94. The molecule has 102 valence electrons. The molecule has 0 aliphatic rings. The third kappa shape index (κ3) is 4.23. The van der Waals surface area contributed by atoms with Gasteiger partial charge < -0.3 is 4.74 Å². The number of ether oxygens (including phenoxy) is 1. The third-order valence-corrected chi connectivity index (χ3v) is 5.45. The van der Waals surface area contributed by atoms with Crippen molar-refractivity contribution in [1.29, 1.82) is 0 Å². The maximum atomic E-state index is 12.1. The first kappa shape index (κ1) is 14.4. The average molecular weight is 317 g/mol. The Morgan fingerprint density at radius 3 is 2.63 bits per heavy atom. The fourth-order valence-electron chi connectivity index (χ4n) is 1.71. The summed E-state index contributed by atoms with van der Waals surface area (Å²) in [5, 5.41) is 0. The van der Waals surface area contributed by atoms with Crippen LogP contribution in [-0.4, -0.2) is 15.5 Å². The lowest BCUT2D eigenvalue weighted by atomic mass is 10.2. The van der Waals surface area contributed by atoms with Gasteiger partial charge in [0.2, 0.25) is 0 Å². The highest BCUT2D eigenvalue weighted by atomic mass is 35.5. The average Bonchev–Trinajstić information content (AvgIpc) is 2.73. The molecule has 6 heteroatoms. The van der Waals surface area contributed by atoms with E-state index >= 15 is 0 Å². The number of hydrogen-bond donors (Lipinski definition) is 0. The van der Waals surface area contributed by atoms with Gasteiger partial charge in [0.15, 0.2) is 9.84 Å². The van der Waals surface area contributed by atoms with E-state index in [1.165, 1.54) is 11.3 Å². The molecule has 2 rings (SSSR count). The van der Waals surface area contributed by atoms with Crippen LogP contribution in [0.1, 0.15) is 10.4 Å². The van der Waals surface area contributed by atoms with Gasteiger partial charge in [0.05, 0.1) is 23.0 Å². The van der Waals surface area contributed by atoms with E-state index in [1.807, 2.05) is 0 Å². The standard InChI is InChI=1S/C13H13ClO3S2/c1-17-11-4-2-3-10(7-11)8-19(15,16)9-12-5-6-13(14)18-12/h2-7H,8-9H2,1H3. The molecule has 19 heavy (non-hydrogen) atoms. The van der Waals surface area contributed by atoms with Gasteiger partial charge in [0.1, 0.15) is 5.75 Å². The Morgan fingerprint density at radius 1 is 1.21 bits per heavy atom. The highest BCUT2D eigenvalue weighted by molar-refractivity contribution is 7.90. The Balaban J connectivity index is 2.12. The van der Waals surface area contributed by atoms with Gasteiger partial charge in [-0.15, -0.1) is 11.3 Å². The second-order valence-corrected chi connectivity index (χ2v) is 7.95. The zero-order valence-electron chi connectivity index (χ0n) is 10.3. The first-order chi connectivity index (χ1) is 8.98. The van der Waals surface area contributed by atoms with E-state index in [-0.39, 0.29) is 11.5 Å². The number of hydrogen-bond acceptors (Lipinski definition) is 4. The number of halogens is 1. The van der Waals surface area contributed by atoms with Crippen LogP contribution in [-0.2, 0) is 21.3 Å². The predicted octanol–water partition coefficient (Wildman–Crippen LogP) is 3.53. The lowest BCUT2D eigenvalue weighted by Crippen LogP contribution is -2.06. The van der Waals surface area contributed by atoms with Gasteiger partial charge in [-0.3, -0.25) is 0 Å². The second-order valence-electron chi connectivity index (χ2n) is 4.09. The van der Waals surface area contributed by atoms with E-state index in [0.29, 0.717) is 10.1 Å². The molecule has 0 saturated heterocycles. The quantitative estimate of drug-likeness (QED) is 0.847. The molecule has 0 unspecified atom stereocenters. The number of thiophene rings is 1. The SMILES string of the molecule is COc1cccc(CS(=O)(=O)Cc2ccc(Cl)s2)c1. The summed E-state index contributed by atoms with van der Waals surface area (Å²) >= 11 is 7.09. The van der Waals surface area contributed by atoms with E-state index < -0.39 is 9.84 Å². The highest BCUT2D eigenvalue weighted by Gasteiger charge is 2.15. The van der Waals surface area contributed by atoms with Gasteiger partial charge in [-0.05, 0) is 29.8 Å². The van der Waals surface area contributed by atoms with Crippen molar-refractivity contribution in [3.63, 3.8) is 0 Å². The number of benzene rings is 1. The van der Waals surface area contributed by atoms with Crippen LogP contribution in [0.15, 0.2) is 36.4 Å². The monoisotopic (exact) mass is 316 g/mol. The molecule has 2 aromatic rings. The summed E-state index contributed by atoms with van der Waals surface area (Å²) in [6.45, 7) is 0. The van der Waals surface area contributed by atoms with E-state index in [4.69, 9.17) is 16.3 Å². The molecule has 0 bridgehead atoms. The third-order valence-electron chi connectivity index (χ3n) is 2.51. The van der Waals surface area contributed by atoms with Crippen LogP contribution in [0.4, 0.5) is 0 Å². The summed E-state index contributed by atoms with van der Waals surface area (Å²) in [7, 11) is -1.65. The molecule has 0 N–H and O–H groups in total. The van der Waals surface area contributed by atoms with Crippen molar-refractivity contribution in [3.05, 3.63) is 51.2 Å². The van der Waals surface area contributed by atoms with E-state index in [1.54, 1.807) is 43.5 Å². The van der Waals surface area contributed by atoms with Crippen molar-refractivity contribution in [2.45, 2.75) is 11.5 Å². The predicted molar refractivity (Wildman–Crippen MR) is 78.7 cm³/mol. The van der Waals surface area contributed by atoms with Gasteiger partial charge in [-0.25, -0.2) is 8.42 Å². The summed E-state index contributed by atoms with van der Waals surface area (Å²) in [6.07, 6.45) is 0. The minimum atomic E-state index is -3.20. The smallest absolute Gasteiger partial charge is 0.159 e. The maximum absolute atomic E-state index is 12.1. The van der Waals surface area contributed by atoms with Gasteiger partial charge in [0, 0.05) is 4.88 Å². The number of methoxy groups -OCH3 is 1. The molecule has 0 saturated carbocycles. The largest absolute Gasteiger partial charge is 0.497 e. The Bertz CT molecular complexity index is 662. The molecule has 0 atom stereocenters. The minimum absolute atomic E-state index is 0.000279. The van der Waals surface area contributed by atoms with Gasteiger partial charge in [0.25, 0.3) is 0 Å². The van der Waals surface area contributed by atoms with Crippen LogP contribution in [0.2, 0.25) is 4.34 Å². The number of rotatable bonds is 5. The lowest BCUT2D eigenvalue weighted by molar-refractivity contribution is 0.414. The fourth-order valence-corrected chi connectivity index (χ4v) is 4.69. The van der Waals surface area contributed by atoms with Crippen LogP contribution in [0.3, 0.4) is 0 Å². The zero-order chi connectivity index (χ0) is 13.9. The molecule has 0 radical (unpaired) electrons.